The molecular formula is C26H26N4O4. The van der Waals surface area contributed by atoms with E-state index >= 15 is 0 Å². The molecule has 2 aromatic carbocycles. The van der Waals surface area contributed by atoms with Crippen molar-refractivity contribution in [3.8, 4) is 11.5 Å². The molecule has 0 aliphatic carbocycles. The van der Waals surface area contributed by atoms with E-state index in [0.29, 0.717) is 18.8 Å². The zero-order valence-corrected chi connectivity index (χ0v) is 19.0. The van der Waals surface area contributed by atoms with Crippen molar-refractivity contribution in [2.45, 2.75) is 19.4 Å². The Labute approximate surface area is 197 Å². The average Bonchev–Trinajstić information content (AvgIpc) is 3.30. The van der Waals surface area contributed by atoms with Gasteiger partial charge in [-0.1, -0.05) is 30.3 Å². The summed E-state index contributed by atoms with van der Waals surface area (Å²) in [6.45, 7) is 0.529. The summed E-state index contributed by atoms with van der Waals surface area (Å²) in [5, 5.41) is 22.2. The summed E-state index contributed by atoms with van der Waals surface area (Å²) in [6, 6.07) is 15.6. The Hall–Kier alpha value is -4.33. The summed E-state index contributed by atoms with van der Waals surface area (Å²) in [5.41, 5.74) is 4.48. The lowest BCUT2D eigenvalue weighted by molar-refractivity contribution is -0.131. The van der Waals surface area contributed by atoms with Gasteiger partial charge in [0, 0.05) is 24.4 Å². The van der Waals surface area contributed by atoms with Crippen LogP contribution in [0.15, 0.2) is 60.8 Å². The van der Waals surface area contributed by atoms with Gasteiger partial charge in [-0.25, -0.2) is 4.79 Å². The molecule has 0 amide bonds. The first kappa shape index (κ1) is 22.8. The Bertz CT molecular complexity index is 1310. The van der Waals surface area contributed by atoms with E-state index in [4.69, 9.17) is 14.6 Å². The second kappa shape index (κ2) is 10.5. The summed E-state index contributed by atoms with van der Waals surface area (Å²) in [4.78, 5) is 14.4. The van der Waals surface area contributed by atoms with Crippen LogP contribution in [0.5, 0.6) is 11.5 Å². The fourth-order valence-corrected chi connectivity index (χ4v) is 3.81. The number of benzene rings is 2. The molecule has 0 aliphatic rings. The monoisotopic (exact) mass is 458 g/mol. The third-order valence-electron chi connectivity index (χ3n) is 5.55. The van der Waals surface area contributed by atoms with Crippen LogP contribution in [-0.2, 0) is 24.2 Å². The summed E-state index contributed by atoms with van der Waals surface area (Å²) in [6.07, 6.45) is 5.83. The standard InChI is InChI=1S/C26H26N4O4/c1-33-20-11-7-17(8-12-20)15-28-26-24-19(10-14-23(31)32)16-27-25(24)21(29-30-26)13-9-18-5-3-4-6-22(18)34-2/h3-8,10-12,14,16,27H,9,13,15H2,1-2H3,(H,28,30)(H,31,32)/b14-10+. The van der Waals surface area contributed by atoms with Crippen LogP contribution >= 0.6 is 0 Å². The quantitative estimate of drug-likeness (QED) is 0.301. The largest absolute Gasteiger partial charge is 0.497 e. The van der Waals surface area contributed by atoms with Crippen molar-refractivity contribution in [2.24, 2.45) is 0 Å². The number of H-pyrrole nitrogens is 1. The summed E-state index contributed by atoms with van der Waals surface area (Å²) < 4.78 is 10.7. The van der Waals surface area contributed by atoms with Crippen molar-refractivity contribution >= 4 is 28.8 Å². The predicted octanol–water partition coefficient (Wildman–Crippen LogP) is 4.47. The molecule has 0 saturated carbocycles. The molecule has 0 bridgehead atoms. The number of methoxy groups -OCH3 is 2. The first-order chi connectivity index (χ1) is 16.6. The predicted molar refractivity (Wildman–Crippen MR) is 131 cm³/mol. The fraction of sp³-hybridized carbons (Fsp3) is 0.192. The van der Waals surface area contributed by atoms with Gasteiger partial charge in [0.1, 0.15) is 11.5 Å². The number of nitrogens with one attached hydrogen (secondary N) is 2. The highest BCUT2D eigenvalue weighted by atomic mass is 16.5. The second-order valence-corrected chi connectivity index (χ2v) is 7.67. The molecule has 2 aromatic heterocycles. The van der Waals surface area contributed by atoms with Crippen LogP contribution in [0.4, 0.5) is 5.82 Å². The van der Waals surface area contributed by atoms with Crippen molar-refractivity contribution in [3.05, 3.63) is 83.2 Å². The highest BCUT2D eigenvalue weighted by molar-refractivity contribution is 6.00. The maximum Gasteiger partial charge on any atom is 0.328 e. The number of aryl methyl sites for hydroxylation is 2. The van der Waals surface area contributed by atoms with E-state index in [1.807, 2.05) is 48.5 Å². The second-order valence-electron chi connectivity index (χ2n) is 7.67. The lowest BCUT2D eigenvalue weighted by Crippen LogP contribution is -2.06. The number of aromatic nitrogens is 3. The van der Waals surface area contributed by atoms with Crippen LogP contribution in [0, 0.1) is 0 Å². The third-order valence-corrected chi connectivity index (χ3v) is 5.55. The van der Waals surface area contributed by atoms with E-state index < -0.39 is 5.97 Å². The smallest absolute Gasteiger partial charge is 0.328 e. The van der Waals surface area contributed by atoms with Crippen molar-refractivity contribution in [1.29, 1.82) is 0 Å². The first-order valence-electron chi connectivity index (χ1n) is 10.9. The summed E-state index contributed by atoms with van der Waals surface area (Å²) >= 11 is 0. The molecule has 2 heterocycles. The minimum atomic E-state index is -1.01. The highest BCUT2D eigenvalue weighted by Crippen LogP contribution is 2.29. The van der Waals surface area contributed by atoms with Crippen LogP contribution in [0.2, 0.25) is 0 Å². The van der Waals surface area contributed by atoms with Gasteiger partial charge < -0.3 is 24.9 Å². The highest BCUT2D eigenvalue weighted by Gasteiger charge is 2.15. The van der Waals surface area contributed by atoms with Gasteiger partial charge >= 0.3 is 5.97 Å². The third kappa shape index (κ3) is 5.17. The van der Waals surface area contributed by atoms with E-state index in [-0.39, 0.29) is 0 Å². The zero-order chi connectivity index (χ0) is 23.9. The van der Waals surface area contributed by atoms with Crippen molar-refractivity contribution in [1.82, 2.24) is 15.2 Å². The molecule has 0 spiro atoms. The molecule has 0 radical (unpaired) electrons. The summed E-state index contributed by atoms with van der Waals surface area (Å²) in [7, 11) is 3.29. The van der Waals surface area contributed by atoms with Gasteiger partial charge in [-0.05, 0) is 48.2 Å². The number of aliphatic carboxylic acids is 1. The first-order valence-corrected chi connectivity index (χ1v) is 10.9. The lowest BCUT2D eigenvalue weighted by Gasteiger charge is -2.11. The van der Waals surface area contributed by atoms with Gasteiger partial charge in [0.25, 0.3) is 0 Å². The van der Waals surface area contributed by atoms with Gasteiger partial charge in [0.15, 0.2) is 5.82 Å². The summed E-state index contributed by atoms with van der Waals surface area (Å²) in [5.74, 6) is 1.19. The minimum Gasteiger partial charge on any atom is -0.497 e. The van der Waals surface area contributed by atoms with E-state index in [1.165, 1.54) is 0 Å². The molecule has 4 rings (SSSR count). The topological polar surface area (TPSA) is 109 Å². The molecule has 0 atom stereocenters. The number of carbonyl (C=O) groups is 1. The number of carboxylic acids is 1. The SMILES string of the molecule is COc1ccc(CNc2nnc(CCc3ccccc3OC)c3[nH]cc(/C=C/C(=O)O)c23)cc1. The maximum absolute atomic E-state index is 11.1. The lowest BCUT2D eigenvalue weighted by atomic mass is 10.1. The van der Waals surface area contributed by atoms with Crippen molar-refractivity contribution < 1.29 is 19.4 Å². The Balaban J connectivity index is 1.63. The number of para-hydroxylation sites is 1. The molecule has 0 saturated heterocycles. The van der Waals surface area contributed by atoms with E-state index in [2.05, 4.69) is 20.5 Å². The number of nitrogens with zero attached hydrogens (tertiary/aromatic N) is 2. The van der Waals surface area contributed by atoms with Crippen LogP contribution in [-0.4, -0.2) is 40.5 Å². The number of ether oxygens (including phenoxy) is 2. The molecule has 0 unspecified atom stereocenters. The van der Waals surface area contributed by atoms with Crippen LogP contribution in [0.25, 0.3) is 17.0 Å². The zero-order valence-electron chi connectivity index (χ0n) is 19.0. The van der Waals surface area contributed by atoms with Crippen molar-refractivity contribution in [3.63, 3.8) is 0 Å². The number of hydrogen-bond donors (Lipinski definition) is 3. The van der Waals surface area contributed by atoms with Gasteiger partial charge in [0.05, 0.1) is 30.8 Å². The van der Waals surface area contributed by atoms with Gasteiger partial charge in [-0.2, -0.15) is 5.10 Å². The molecule has 174 valence electrons. The number of fused-ring (bicyclic) bond motifs is 1. The van der Waals surface area contributed by atoms with E-state index in [1.54, 1.807) is 26.5 Å². The number of anilines is 1. The Morgan fingerprint density at radius 1 is 1.06 bits per heavy atom. The molecule has 0 fully saturated rings. The number of rotatable bonds is 10. The molecule has 0 aliphatic heterocycles. The number of hydrogen-bond acceptors (Lipinski definition) is 6. The van der Waals surface area contributed by atoms with E-state index in [0.717, 1.165) is 57.3 Å². The molecule has 8 nitrogen and oxygen atoms in total. The maximum atomic E-state index is 11.1. The Morgan fingerprint density at radius 3 is 2.59 bits per heavy atom. The van der Waals surface area contributed by atoms with Crippen LogP contribution < -0.4 is 14.8 Å². The van der Waals surface area contributed by atoms with E-state index in [9.17, 15) is 4.79 Å². The minimum absolute atomic E-state index is 0.529. The number of carboxylic acid groups (broad SMARTS) is 1. The van der Waals surface area contributed by atoms with Gasteiger partial charge in [-0.3, -0.25) is 0 Å². The van der Waals surface area contributed by atoms with Gasteiger partial charge in [-0.15, -0.1) is 5.10 Å². The average molecular weight is 459 g/mol. The van der Waals surface area contributed by atoms with Crippen LogP contribution in [0.1, 0.15) is 22.4 Å². The van der Waals surface area contributed by atoms with Crippen LogP contribution in [0.3, 0.4) is 0 Å². The molecule has 8 heteroatoms. The molecule has 34 heavy (non-hydrogen) atoms. The molecular weight excluding hydrogens is 432 g/mol. The Morgan fingerprint density at radius 2 is 1.85 bits per heavy atom. The molecule has 3 N–H and O–H groups in total. The number of aromatic amines is 1. The molecule has 4 aromatic rings. The normalized spacial score (nSPS) is 11.1. The fourth-order valence-electron chi connectivity index (χ4n) is 3.81. The van der Waals surface area contributed by atoms with Crippen molar-refractivity contribution in [2.75, 3.05) is 19.5 Å². The van der Waals surface area contributed by atoms with Gasteiger partial charge in [0.2, 0.25) is 0 Å². The Kier molecular flexibility index (Phi) is 7.07.